The van der Waals surface area contributed by atoms with Gasteiger partial charge >= 0.3 is 0 Å². The predicted octanol–water partition coefficient (Wildman–Crippen LogP) is 8.80. The van der Waals surface area contributed by atoms with Crippen molar-refractivity contribution in [1.29, 1.82) is 0 Å². The first-order chi connectivity index (χ1) is 14.2. The van der Waals surface area contributed by atoms with Gasteiger partial charge in [0.15, 0.2) is 0 Å². The Kier molecular flexibility index (Phi) is 10.9. The highest BCUT2D eigenvalue weighted by molar-refractivity contribution is 5.68. The maximum Gasteiger partial charge on any atom is 0.0419 e. The zero-order valence-corrected chi connectivity index (χ0v) is 19.4. The number of hydrogen-bond donors (Lipinski definition) is 1. The van der Waals surface area contributed by atoms with Crippen LogP contribution in [0.25, 0.3) is 0 Å². The van der Waals surface area contributed by atoms with Crippen LogP contribution < -0.4 is 5.32 Å². The maximum atomic E-state index is 3.89. The molecule has 1 heteroatoms. The fourth-order valence-corrected chi connectivity index (χ4v) is 4.15. The molecule has 29 heavy (non-hydrogen) atoms. The first-order valence-electron chi connectivity index (χ1n) is 12.2. The van der Waals surface area contributed by atoms with E-state index in [2.05, 4.69) is 69.4 Å². The van der Waals surface area contributed by atoms with Crippen LogP contribution >= 0.6 is 0 Å². The molecule has 0 fully saturated rings. The van der Waals surface area contributed by atoms with Crippen LogP contribution in [0, 0.1) is 0 Å². The summed E-state index contributed by atoms with van der Waals surface area (Å²) in [5.74, 6) is 0. The Hall–Kier alpha value is -1.76. The number of aryl methyl sites for hydroxylation is 2. The molecule has 0 saturated carbocycles. The molecule has 1 N–H and O–H groups in total. The van der Waals surface area contributed by atoms with Crippen LogP contribution in [0.3, 0.4) is 0 Å². The Morgan fingerprint density at radius 2 is 0.897 bits per heavy atom. The molecule has 1 nitrogen and oxygen atoms in total. The highest BCUT2D eigenvalue weighted by Crippen LogP contribution is 2.31. The lowest BCUT2D eigenvalue weighted by Crippen LogP contribution is -2.05. The molecule has 0 atom stereocenters. The minimum Gasteiger partial charge on any atom is -0.355 e. The van der Waals surface area contributed by atoms with Crippen LogP contribution in [0.15, 0.2) is 36.4 Å². The van der Waals surface area contributed by atoms with Crippen molar-refractivity contribution in [2.45, 2.75) is 105 Å². The molecule has 0 spiro atoms. The summed E-state index contributed by atoms with van der Waals surface area (Å²) in [6.07, 6.45) is 14.8. The molecule has 0 unspecified atom stereocenters. The Morgan fingerprint density at radius 1 is 0.517 bits per heavy atom. The Balaban J connectivity index is 2.38. The first-order valence-corrected chi connectivity index (χ1v) is 12.2. The fraction of sp³-hybridized carbons (Fsp3) is 0.571. The summed E-state index contributed by atoms with van der Waals surface area (Å²) < 4.78 is 0. The SMILES string of the molecule is CCCCc1cccc(Nc2cccc(CCCC)c2CCCC)c1CCCC. The summed E-state index contributed by atoms with van der Waals surface area (Å²) >= 11 is 0. The van der Waals surface area contributed by atoms with Gasteiger partial charge in [0.1, 0.15) is 0 Å². The van der Waals surface area contributed by atoms with Gasteiger partial charge < -0.3 is 5.32 Å². The molecule has 0 saturated heterocycles. The van der Waals surface area contributed by atoms with E-state index in [4.69, 9.17) is 0 Å². The molecule has 0 radical (unpaired) electrons. The molecule has 0 aliphatic rings. The lowest BCUT2D eigenvalue weighted by Gasteiger charge is -2.20. The largest absolute Gasteiger partial charge is 0.355 e. The second kappa shape index (κ2) is 13.5. The zero-order chi connectivity index (χ0) is 20.9. The molecule has 2 rings (SSSR count). The van der Waals surface area contributed by atoms with Gasteiger partial charge in [-0.3, -0.25) is 0 Å². The van der Waals surface area contributed by atoms with E-state index in [9.17, 15) is 0 Å². The van der Waals surface area contributed by atoms with Gasteiger partial charge in [-0.05, 0) is 85.8 Å². The average Bonchev–Trinajstić information content (AvgIpc) is 2.74. The fourth-order valence-electron chi connectivity index (χ4n) is 4.15. The molecule has 0 amide bonds. The van der Waals surface area contributed by atoms with Crippen molar-refractivity contribution < 1.29 is 0 Å². The Morgan fingerprint density at radius 3 is 1.28 bits per heavy atom. The third kappa shape index (κ3) is 7.21. The maximum absolute atomic E-state index is 3.89. The van der Waals surface area contributed by atoms with Gasteiger partial charge in [-0.1, -0.05) is 77.6 Å². The summed E-state index contributed by atoms with van der Waals surface area (Å²) in [6, 6.07) is 13.8. The molecule has 160 valence electrons. The molecule has 0 aliphatic carbocycles. The number of nitrogens with one attached hydrogen (secondary N) is 1. The van der Waals surface area contributed by atoms with E-state index in [-0.39, 0.29) is 0 Å². The minimum absolute atomic E-state index is 1.18. The van der Waals surface area contributed by atoms with Crippen LogP contribution in [0.4, 0.5) is 11.4 Å². The number of anilines is 2. The topological polar surface area (TPSA) is 12.0 Å². The quantitative estimate of drug-likeness (QED) is 0.338. The van der Waals surface area contributed by atoms with Gasteiger partial charge in [0, 0.05) is 11.4 Å². The number of hydrogen-bond acceptors (Lipinski definition) is 1. The third-order valence-corrected chi connectivity index (χ3v) is 5.98. The first kappa shape index (κ1) is 23.5. The smallest absolute Gasteiger partial charge is 0.0419 e. The summed E-state index contributed by atoms with van der Waals surface area (Å²) in [4.78, 5) is 0. The summed E-state index contributed by atoms with van der Waals surface area (Å²) in [6.45, 7) is 9.16. The number of rotatable bonds is 14. The highest BCUT2D eigenvalue weighted by atomic mass is 14.9. The van der Waals surface area contributed by atoms with E-state index >= 15 is 0 Å². The summed E-state index contributed by atoms with van der Waals surface area (Å²) in [7, 11) is 0. The Labute approximate surface area is 180 Å². The molecular weight excluding hydrogens is 350 g/mol. The van der Waals surface area contributed by atoms with Crippen molar-refractivity contribution in [3.63, 3.8) is 0 Å². The summed E-state index contributed by atoms with van der Waals surface area (Å²) in [5, 5.41) is 3.89. The zero-order valence-electron chi connectivity index (χ0n) is 19.4. The van der Waals surface area contributed by atoms with Crippen LogP contribution in [0.1, 0.15) is 101 Å². The number of benzene rings is 2. The predicted molar refractivity (Wildman–Crippen MR) is 131 cm³/mol. The lowest BCUT2D eigenvalue weighted by atomic mass is 9.94. The molecule has 0 aliphatic heterocycles. The van der Waals surface area contributed by atoms with Gasteiger partial charge in [-0.15, -0.1) is 0 Å². The second-order valence-electron chi connectivity index (χ2n) is 8.43. The molecule has 2 aromatic rings. The Bertz CT molecular complexity index is 655. The van der Waals surface area contributed by atoms with Gasteiger partial charge in [0.2, 0.25) is 0 Å². The molecule has 0 bridgehead atoms. The van der Waals surface area contributed by atoms with Gasteiger partial charge in [0.05, 0.1) is 0 Å². The highest BCUT2D eigenvalue weighted by Gasteiger charge is 2.12. The van der Waals surface area contributed by atoms with Crippen LogP contribution in [0.5, 0.6) is 0 Å². The van der Waals surface area contributed by atoms with E-state index in [1.165, 1.54) is 88.4 Å². The van der Waals surface area contributed by atoms with Gasteiger partial charge in [-0.25, -0.2) is 0 Å². The van der Waals surface area contributed by atoms with E-state index in [1.807, 2.05) is 0 Å². The molecule has 0 aromatic heterocycles. The average molecular weight is 394 g/mol. The van der Waals surface area contributed by atoms with Crippen molar-refractivity contribution in [3.8, 4) is 0 Å². The third-order valence-electron chi connectivity index (χ3n) is 5.98. The van der Waals surface area contributed by atoms with Crippen molar-refractivity contribution in [2.75, 3.05) is 5.32 Å². The van der Waals surface area contributed by atoms with Crippen molar-refractivity contribution in [1.82, 2.24) is 0 Å². The number of unbranched alkanes of at least 4 members (excludes halogenated alkanes) is 4. The van der Waals surface area contributed by atoms with Gasteiger partial charge in [0.25, 0.3) is 0 Å². The van der Waals surface area contributed by atoms with Crippen LogP contribution in [0.2, 0.25) is 0 Å². The molecule has 0 heterocycles. The van der Waals surface area contributed by atoms with Crippen LogP contribution in [-0.2, 0) is 25.7 Å². The van der Waals surface area contributed by atoms with Crippen molar-refractivity contribution in [2.24, 2.45) is 0 Å². The summed E-state index contributed by atoms with van der Waals surface area (Å²) in [5.41, 5.74) is 8.84. The van der Waals surface area contributed by atoms with Crippen LogP contribution in [-0.4, -0.2) is 0 Å². The van der Waals surface area contributed by atoms with Gasteiger partial charge in [-0.2, -0.15) is 0 Å². The van der Waals surface area contributed by atoms with Crippen molar-refractivity contribution in [3.05, 3.63) is 58.7 Å². The normalized spacial score (nSPS) is 11.0. The molecule has 2 aromatic carbocycles. The molecular formula is C28H43N. The van der Waals surface area contributed by atoms with E-state index in [1.54, 1.807) is 22.3 Å². The standard InChI is InChI=1S/C28H43N/c1-5-9-15-23-17-13-21-27(25(23)19-11-7-3)29-28-22-14-18-24(16-10-6-2)26(28)20-12-8-4/h13-14,17-18,21-22,29H,5-12,15-16,19-20H2,1-4H3. The van der Waals surface area contributed by atoms with E-state index < -0.39 is 0 Å². The van der Waals surface area contributed by atoms with E-state index in [0.717, 1.165) is 0 Å². The monoisotopic (exact) mass is 393 g/mol. The second-order valence-corrected chi connectivity index (χ2v) is 8.43. The van der Waals surface area contributed by atoms with E-state index in [0.29, 0.717) is 0 Å². The minimum atomic E-state index is 1.18. The lowest BCUT2D eigenvalue weighted by molar-refractivity contribution is 0.757. The van der Waals surface area contributed by atoms with Crippen molar-refractivity contribution >= 4 is 11.4 Å².